The summed E-state index contributed by atoms with van der Waals surface area (Å²) in [4.78, 5) is 22.3. The number of anilines is 1. The summed E-state index contributed by atoms with van der Waals surface area (Å²) >= 11 is 0. The van der Waals surface area contributed by atoms with E-state index >= 15 is 0 Å². The molecule has 104 valence electrons. The molecule has 0 bridgehead atoms. The van der Waals surface area contributed by atoms with E-state index in [4.69, 9.17) is 4.74 Å². The summed E-state index contributed by atoms with van der Waals surface area (Å²) in [7, 11) is 0. The van der Waals surface area contributed by atoms with Gasteiger partial charge in [-0.2, -0.15) is 0 Å². The molecule has 1 N–H and O–H groups in total. The molecule has 1 aromatic heterocycles. The van der Waals surface area contributed by atoms with E-state index in [0.717, 1.165) is 0 Å². The maximum atomic E-state index is 12.1. The van der Waals surface area contributed by atoms with Crippen molar-refractivity contribution in [1.29, 1.82) is 0 Å². The molecule has 0 atom stereocenters. The molecule has 2 heterocycles. The van der Waals surface area contributed by atoms with E-state index in [1.54, 1.807) is 11.1 Å². The van der Waals surface area contributed by atoms with Gasteiger partial charge in [0.2, 0.25) is 0 Å². The van der Waals surface area contributed by atoms with Crippen molar-refractivity contribution in [1.82, 2.24) is 14.9 Å². The van der Waals surface area contributed by atoms with Gasteiger partial charge in [0, 0.05) is 18.6 Å². The van der Waals surface area contributed by atoms with E-state index in [0.29, 0.717) is 37.8 Å². The predicted octanol–water partition coefficient (Wildman–Crippen LogP) is 1.16. The fraction of sp³-hybridized carbons (Fsp3) is 0.615. The number of nitrogens with zero attached hydrogens (tertiary/aromatic N) is 3. The largest absolute Gasteiger partial charge is 0.378 e. The first-order chi connectivity index (χ1) is 8.96. The van der Waals surface area contributed by atoms with Gasteiger partial charge in [-0.3, -0.25) is 4.79 Å². The van der Waals surface area contributed by atoms with Crippen molar-refractivity contribution < 1.29 is 9.53 Å². The fourth-order valence-electron chi connectivity index (χ4n) is 1.82. The Kier molecular flexibility index (Phi) is 3.99. The highest BCUT2D eigenvalue weighted by atomic mass is 16.5. The first-order valence-electron chi connectivity index (χ1n) is 6.43. The van der Waals surface area contributed by atoms with Gasteiger partial charge >= 0.3 is 0 Å². The third-order valence-electron chi connectivity index (χ3n) is 2.67. The number of rotatable bonds is 2. The van der Waals surface area contributed by atoms with Crippen molar-refractivity contribution in [2.45, 2.75) is 26.3 Å². The third-order valence-corrected chi connectivity index (χ3v) is 2.67. The molecule has 2 rings (SSSR count). The zero-order chi connectivity index (χ0) is 13.9. The molecule has 0 saturated carbocycles. The molecule has 6 heteroatoms. The fourth-order valence-corrected chi connectivity index (χ4v) is 1.82. The molecular weight excluding hydrogens is 244 g/mol. The summed E-state index contributed by atoms with van der Waals surface area (Å²) < 4.78 is 5.22. The Morgan fingerprint density at radius 3 is 2.47 bits per heavy atom. The van der Waals surface area contributed by atoms with Crippen LogP contribution in [0.2, 0.25) is 0 Å². The number of hydrogen-bond donors (Lipinski definition) is 1. The van der Waals surface area contributed by atoms with Crippen LogP contribution < -0.4 is 5.32 Å². The van der Waals surface area contributed by atoms with Crippen molar-refractivity contribution in [2.24, 2.45) is 0 Å². The second-order valence-corrected chi connectivity index (χ2v) is 5.57. The predicted molar refractivity (Wildman–Crippen MR) is 72.1 cm³/mol. The minimum absolute atomic E-state index is 0.0790. The molecular formula is C13H20N4O2. The molecule has 0 aliphatic carbocycles. The van der Waals surface area contributed by atoms with Gasteiger partial charge in [0.05, 0.1) is 25.6 Å². The normalized spacial score (nSPS) is 16.3. The van der Waals surface area contributed by atoms with Crippen LogP contribution in [-0.2, 0) is 4.74 Å². The maximum Gasteiger partial charge on any atom is 0.274 e. The monoisotopic (exact) mass is 264 g/mol. The van der Waals surface area contributed by atoms with Crippen molar-refractivity contribution >= 4 is 11.7 Å². The van der Waals surface area contributed by atoms with Gasteiger partial charge < -0.3 is 15.0 Å². The van der Waals surface area contributed by atoms with E-state index in [9.17, 15) is 4.79 Å². The summed E-state index contributed by atoms with van der Waals surface area (Å²) in [6, 6.07) is 0. The van der Waals surface area contributed by atoms with Gasteiger partial charge in [0.25, 0.3) is 5.91 Å². The Morgan fingerprint density at radius 2 is 1.95 bits per heavy atom. The Labute approximate surface area is 113 Å². The number of morpholine rings is 1. The summed E-state index contributed by atoms with van der Waals surface area (Å²) in [5, 5.41) is 3.21. The lowest BCUT2D eigenvalue weighted by molar-refractivity contribution is 0.0298. The molecule has 0 radical (unpaired) electrons. The SMILES string of the molecule is CC(C)(C)Nc1cnc(C(=O)N2CCOCC2)cn1. The Bertz CT molecular complexity index is 433. The van der Waals surface area contributed by atoms with Gasteiger partial charge in [-0.25, -0.2) is 9.97 Å². The number of carbonyl (C=O) groups is 1. The first-order valence-corrected chi connectivity index (χ1v) is 6.43. The minimum Gasteiger partial charge on any atom is -0.378 e. The summed E-state index contributed by atoms with van der Waals surface area (Å²) in [6.07, 6.45) is 3.12. The lowest BCUT2D eigenvalue weighted by atomic mass is 10.1. The van der Waals surface area contributed by atoms with Crippen molar-refractivity contribution in [3.63, 3.8) is 0 Å². The maximum absolute atomic E-state index is 12.1. The standard InChI is InChI=1S/C13H20N4O2/c1-13(2,3)16-11-9-14-10(8-15-11)12(18)17-4-6-19-7-5-17/h8-9H,4-7H2,1-3H3,(H,15,16). The summed E-state index contributed by atoms with van der Waals surface area (Å²) in [5.41, 5.74) is 0.297. The Hall–Kier alpha value is -1.69. The average molecular weight is 264 g/mol. The molecule has 0 unspecified atom stereocenters. The number of carbonyl (C=O) groups excluding carboxylic acids is 1. The quantitative estimate of drug-likeness (QED) is 0.868. The first kappa shape index (κ1) is 13.7. The number of hydrogen-bond acceptors (Lipinski definition) is 5. The number of nitrogens with one attached hydrogen (secondary N) is 1. The summed E-state index contributed by atoms with van der Waals surface area (Å²) in [6.45, 7) is 8.53. The van der Waals surface area contributed by atoms with Crippen LogP contribution >= 0.6 is 0 Å². The van der Waals surface area contributed by atoms with Crippen LogP contribution in [0.3, 0.4) is 0 Å². The summed E-state index contributed by atoms with van der Waals surface area (Å²) in [5.74, 6) is 0.587. The van der Waals surface area contributed by atoms with Gasteiger partial charge in [-0.15, -0.1) is 0 Å². The zero-order valence-corrected chi connectivity index (χ0v) is 11.6. The second kappa shape index (κ2) is 5.52. The number of ether oxygens (including phenoxy) is 1. The van der Waals surface area contributed by atoms with Crippen molar-refractivity contribution in [3.05, 3.63) is 18.1 Å². The number of aromatic nitrogens is 2. The highest BCUT2D eigenvalue weighted by Crippen LogP contribution is 2.11. The van der Waals surface area contributed by atoms with Gasteiger partial charge in [0.1, 0.15) is 11.5 Å². The molecule has 1 aliphatic heterocycles. The van der Waals surface area contributed by atoms with Crippen LogP contribution in [-0.4, -0.2) is 52.6 Å². The highest BCUT2D eigenvalue weighted by molar-refractivity contribution is 5.92. The zero-order valence-electron chi connectivity index (χ0n) is 11.6. The highest BCUT2D eigenvalue weighted by Gasteiger charge is 2.20. The number of amides is 1. The minimum atomic E-state index is -0.0851. The molecule has 1 fully saturated rings. The molecule has 19 heavy (non-hydrogen) atoms. The molecule has 1 aromatic rings. The van der Waals surface area contributed by atoms with Crippen molar-refractivity contribution in [2.75, 3.05) is 31.6 Å². The molecule has 0 spiro atoms. The lowest BCUT2D eigenvalue weighted by Crippen LogP contribution is -2.41. The van der Waals surface area contributed by atoms with E-state index in [1.807, 2.05) is 20.8 Å². The Balaban J connectivity index is 2.03. The molecule has 1 aliphatic rings. The van der Waals surface area contributed by atoms with E-state index in [-0.39, 0.29) is 11.4 Å². The molecule has 6 nitrogen and oxygen atoms in total. The van der Waals surface area contributed by atoms with Gasteiger partial charge in [-0.05, 0) is 20.8 Å². The van der Waals surface area contributed by atoms with Crippen LogP contribution in [0.5, 0.6) is 0 Å². The van der Waals surface area contributed by atoms with Crippen LogP contribution in [0.1, 0.15) is 31.3 Å². The Morgan fingerprint density at radius 1 is 1.26 bits per heavy atom. The van der Waals surface area contributed by atoms with E-state index in [2.05, 4.69) is 15.3 Å². The molecule has 1 amide bonds. The van der Waals surface area contributed by atoms with Crippen LogP contribution in [0.25, 0.3) is 0 Å². The van der Waals surface area contributed by atoms with Crippen molar-refractivity contribution in [3.8, 4) is 0 Å². The van der Waals surface area contributed by atoms with E-state index < -0.39 is 0 Å². The van der Waals surface area contributed by atoms with Gasteiger partial charge in [-0.1, -0.05) is 0 Å². The van der Waals surface area contributed by atoms with E-state index in [1.165, 1.54) is 6.20 Å². The van der Waals surface area contributed by atoms with Crippen LogP contribution in [0.15, 0.2) is 12.4 Å². The van der Waals surface area contributed by atoms with Crippen LogP contribution in [0.4, 0.5) is 5.82 Å². The second-order valence-electron chi connectivity index (χ2n) is 5.57. The lowest BCUT2D eigenvalue weighted by Gasteiger charge is -2.26. The molecule has 0 aromatic carbocycles. The van der Waals surface area contributed by atoms with Gasteiger partial charge in [0.15, 0.2) is 0 Å². The van der Waals surface area contributed by atoms with Crippen LogP contribution in [0, 0.1) is 0 Å². The topological polar surface area (TPSA) is 67.4 Å². The third kappa shape index (κ3) is 3.89. The average Bonchev–Trinajstić information content (AvgIpc) is 2.38. The smallest absolute Gasteiger partial charge is 0.274 e. The molecule has 1 saturated heterocycles.